The number of hydrogen-bond donors (Lipinski definition) is 1. The van der Waals surface area contributed by atoms with E-state index in [4.69, 9.17) is 5.73 Å². The number of anilines is 1. The zero-order valence-corrected chi connectivity index (χ0v) is 10.8. The Bertz CT molecular complexity index is 449. The van der Waals surface area contributed by atoms with Crippen LogP contribution in [0.1, 0.15) is 13.8 Å². The Hall–Kier alpha value is -1.69. The zero-order chi connectivity index (χ0) is 13.9. The fourth-order valence-electron chi connectivity index (χ4n) is 1.68. The van der Waals surface area contributed by atoms with Crippen LogP contribution < -0.4 is 10.6 Å². The van der Waals surface area contributed by atoms with Crippen LogP contribution in [0, 0.1) is 21.3 Å². The molecule has 0 aliphatic carbocycles. The molecule has 0 bridgehead atoms. The fraction of sp³-hybridized carbons (Fsp3) is 0.500. The van der Waals surface area contributed by atoms with Crippen LogP contribution in [0.5, 0.6) is 0 Å². The van der Waals surface area contributed by atoms with E-state index < -0.39 is 10.7 Å². The minimum atomic E-state index is -0.614. The average Bonchev–Trinajstić information content (AvgIpc) is 2.27. The number of hydrogen-bond acceptors (Lipinski definition) is 4. The first kappa shape index (κ1) is 14.4. The molecule has 1 aromatic rings. The highest BCUT2D eigenvalue weighted by molar-refractivity contribution is 5.53. The molecule has 100 valence electrons. The van der Waals surface area contributed by atoms with Gasteiger partial charge in [-0.3, -0.25) is 10.1 Å². The molecule has 1 rings (SSSR count). The van der Waals surface area contributed by atoms with E-state index in [0.717, 1.165) is 6.07 Å². The minimum absolute atomic E-state index is 0.143. The van der Waals surface area contributed by atoms with Crippen LogP contribution in [0.15, 0.2) is 18.2 Å². The minimum Gasteiger partial charge on any atom is -0.374 e. The van der Waals surface area contributed by atoms with E-state index in [9.17, 15) is 14.5 Å². The SMILES string of the molecule is CN(CC(C)(C)CN)c1cc(F)cc([N+](=O)[O-])c1. The van der Waals surface area contributed by atoms with Crippen molar-refractivity contribution in [2.24, 2.45) is 11.1 Å². The zero-order valence-electron chi connectivity index (χ0n) is 10.8. The Labute approximate surface area is 106 Å². The summed E-state index contributed by atoms with van der Waals surface area (Å²) in [4.78, 5) is 11.8. The largest absolute Gasteiger partial charge is 0.374 e. The molecule has 0 radical (unpaired) electrons. The number of nitro benzene ring substituents is 1. The first-order valence-electron chi connectivity index (χ1n) is 5.61. The third-order valence-corrected chi connectivity index (χ3v) is 2.74. The number of non-ortho nitro benzene ring substituents is 1. The van der Waals surface area contributed by atoms with E-state index >= 15 is 0 Å². The summed E-state index contributed by atoms with van der Waals surface area (Å²) in [6.07, 6.45) is 0. The summed E-state index contributed by atoms with van der Waals surface area (Å²) >= 11 is 0. The standard InChI is InChI=1S/C12H18FN3O2/c1-12(2,7-14)8-15(3)10-4-9(13)5-11(6-10)16(17)18/h4-6H,7-8,14H2,1-3H3. The van der Waals surface area contributed by atoms with Gasteiger partial charge >= 0.3 is 0 Å². The summed E-state index contributed by atoms with van der Waals surface area (Å²) in [5.41, 5.74) is 5.72. The lowest BCUT2D eigenvalue weighted by molar-refractivity contribution is -0.385. The maximum absolute atomic E-state index is 13.3. The molecule has 0 amide bonds. The topological polar surface area (TPSA) is 72.4 Å². The van der Waals surface area contributed by atoms with Gasteiger partial charge in [0.05, 0.1) is 11.0 Å². The summed E-state index contributed by atoms with van der Waals surface area (Å²) in [5.74, 6) is -0.614. The lowest BCUT2D eigenvalue weighted by atomic mass is 9.93. The maximum atomic E-state index is 13.3. The molecule has 1 aromatic carbocycles. The highest BCUT2D eigenvalue weighted by Gasteiger charge is 2.20. The van der Waals surface area contributed by atoms with Crippen LogP contribution in [0.25, 0.3) is 0 Å². The smallest absolute Gasteiger partial charge is 0.274 e. The molecule has 0 heterocycles. The Morgan fingerprint density at radius 1 is 1.44 bits per heavy atom. The van der Waals surface area contributed by atoms with Crippen molar-refractivity contribution in [1.29, 1.82) is 0 Å². The van der Waals surface area contributed by atoms with Gasteiger partial charge in [-0.2, -0.15) is 0 Å². The van der Waals surface area contributed by atoms with Crippen LogP contribution in [-0.4, -0.2) is 25.1 Å². The van der Waals surface area contributed by atoms with Gasteiger partial charge in [0, 0.05) is 25.3 Å². The molecule has 0 atom stereocenters. The number of nitrogens with zero attached hydrogens (tertiary/aromatic N) is 2. The summed E-state index contributed by atoms with van der Waals surface area (Å²) < 4.78 is 13.3. The van der Waals surface area contributed by atoms with Gasteiger partial charge in [-0.05, 0) is 18.0 Å². The second-order valence-electron chi connectivity index (χ2n) is 5.15. The van der Waals surface area contributed by atoms with Crippen molar-refractivity contribution < 1.29 is 9.31 Å². The molecule has 2 N–H and O–H groups in total. The number of rotatable bonds is 5. The van der Waals surface area contributed by atoms with Crippen LogP contribution in [0.4, 0.5) is 15.8 Å². The van der Waals surface area contributed by atoms with E-state index in [2.05, 4.69) is 0 Å². The number of nitro groups is 1. The van der Waals surface area contributed by atoms with Gasteiger partial charge in [-0.15, -0.1) is 0 Å². The van der Waals surface area contributed by atoms with Crippen molar-refractivity contribution in [3.05, 3.63) is 34.1 Å². The van der Waals surface area contributed by atoms with Crippen molar-refractivity contribution in [3.63, 3.8) is 0 Å². The quantitative estimate of drug-likeness (QED) is 0.646. The Balaban J connectivity index is 2.99. The molecule has 0 spiro atoms. The molecule has 0 unspecified atom stereocenters. The Morgan fingerprint density at radius 2 is 2.06 bits per heavy atom. The van der Waals surface area contributed by atoms with Crippen molar-refractivity contribution in [3.8, 4) is 0 Å². The molecule has 5 nitrogen and oxygen atoms in total. The first-order chi connectivity index (χ1) is 8.25. The molecule has 6 heteroatoms. The van der Waals surface area contributed by atoms with Crippen LogP contribution >= 0.6 is 0 Å². The predicted octanol–water partition coefficient (Wildman–Crippen LogP) is 2.16. The second kappa shape index (κ2) is 5.30. The van der Waals surface area contributed by atoms with E-state index in [1.54, 1.807) is 11.9 Å². The first-order valence-corrected chi connectivity index (χ1v) is 5.61. The summed E-state index contributed by atoms with van der Waals surface area (Å²) in [6.45, 7) is 5.03. The maximum Gasteiger partial charge on any atom is 0.274 e. The van der Waals surface area contributed by atoms with Gasteiger partial charge in [0.25, 0.3) is 5.69 Å². The van der Waals surface area contributed by atoms with Crippen molar-refractivity contribution >= 4 is 11.4 Å². The molecule has 0 aliphatic rings. The normalized spacial score (nSPS) is 11.4. The molecule has 18 heavy (non-hydrogen) atoms. The molecular weight excluding hydrogens is 237 g/mol. The molecule has 0 aliphatic heterocycles. The molecule has 0 saturated carbocycles. The lowest BCUT2D eigenvalue weighted by Crippen LogP contribution is -2.36. The molecule has 0 aromatic heterocycles. The van der Waals surface area contributed by atoms with Crippen LogP contribution in [-0.2, 0) is 0 Å². The third-order valence-electron chi connectivity index (χ3n) is 2.74. The molecular formula is C12H18FN3O2. The summed E-state index contributed by atoms with van der Waals surface area (Å²) in [6, 6.07) is 3.54. The van der Waals surface area contributed by atoms with E-state index in [1.807, 2.05) is 13.8 Å². The summed E-state index contributed by atoms with van der Waals surface area (Å²) in [5, 5.41) is 10.7. The van der Waals surface area contributed by atoms with E-state index in [1.165, 1.54) is 12.1 Å². The van der Waals surface area contributed by atoms with Gasteiger partial charge in [0.2, 0.25) is 0 Å². The van der Waals surface area contributed by atoms with Crippen molar-refractivity contribution in [2.45, 2.75) is 13.8 Å². The van der Waals surface area contributed by atoms with Crippen LogP contribution in [0.2, 0.25) is 0 Å². The van der Waals surface area contributed by atoms with Gasteiger partial charge in [-0.25, -0.2) is 4.39 Å². The third kappa shape index (κ3) is 3.66. The van der Waals surface area contributed by atoms with Crippen LogP contribution in [0.3, 0.4) is 0 Å². The lowest BCUT2D eigenvalue weighted by Gasteiger charge is -2.30. The number of halogens is 1. The summed E-state index contributed by atoms with van der Waals surface area (Å²) in [7, 11) is 1.76. The Kier molecular flexibility index (Phi) is 4.24. The molecule has 0 saturated heterocycles. The highest BCUT2D eigenvalue weighted by Crippen LogP contribution is 2.25. The van der Waals surface area contributed by atoms with Gasteiger partial charge in [-0.1, -0.05) is 13.8 Å². The van der Waals surface area contributed by atoms with Crippen molar-refractivity contribution in [2.75, 3.05) is 25.0 Å². The second-order valence-corrected chi connectivity index (χ2v) is 5.15. The van der Waals surface area contributed by atoms with Gasteiger partial charge < -0.3 is 10.6 Å². The predicted molar refractivity (Wildman–Crippen MR) is 69.2 cm³/mol. The van der Waals surface area contributed by atoms with Crippen molar-refractivity contribution in [1.82, 2.24) is 0 Å². The monoisotopic (exact) mass is 255 g/mol. The van der Waals surface area contributed by atoms with E-state index in [0.29, 0.717) is 18.8 Å². The van der Waals surface area contributed by atoms with E-state index in [-0.39, 0.29) is 11.1 Å². The highest BCUT2D eigenvalue weighted by atomic mass is 19.1. The van der Waals surface area contributed by atoms with Gasteiger partial charge in [0.1, 0.15) is 5.82 Å². The number of nitrogens with two attached hydrogens (primary N) is 1. The van der Waals surface area contributed by atoms with Gasteiger partial charge in [0.15, 0.2) is 0 Å². The average molecular weight is 255 g/mol. The fourth-order valence-corrected chi connectivity index (χ4v) is 1.68. The number of benzene rings is 1. The Morgan fingerprint density at radius 3 is 2.56 bits per heavy atom. The molecule has 0 fully saturated rings.